The van der Waals surface area contributed by atoms with Gasteiger partial charge in [0, 0.05) is 10.8 Å². The first kappa shape index (κ1) is 18.4. The Morgan fingerprint density at radius 2 is 1.73 bits per heavy atom. The van der Waals surface area contributed by atoms with Crippen LogP contribution in [-0.4, -0.2) is 73.9 Å². The Balaban J connectivity index is 2.03. The van der Waals surface area contributed by atoms with Crippen LogP contribution in [0.2, 0.25) is 0 Å². The second-order valence-corrected chi connectivity index (χ2v) is 5.94. The molecule has 5 unspecified atom stereocenters. The summed E-state index contributed by atoms with van der Waals surface area (Å²) in [5.74, 6) is -1.83. The van der Waals surface area contributed by atoms with Crippen molar-refractivity contribution in [1.82, 2.24) is 0 Å². The van der Waals surface area contributed by atoms with Gasteiger partial charge in [-0.1, -0.05) is 24.3 Å². The van der Waals surface area contributed by atoms with Gasteiger partial charge in [0.25, 0.3) is 0 Å². The minimum absolute atomic E-state index is 0.0138. The van der Waals surface area contributed by atoms with Gasteiger partial charge in [0.05, 0.1) is 6.61 Å². The van der Waals surface area contributed by atoms with E-state index in [4.69, 9.17) is 9.47 Å². The van der Waals surface area contributed by atoms with E-state index in [0.29, 0.717) is 5.39 Å². The van der Waals surface area contributed by atoms with Crippen molar-refractivity contribution in [2.75, 3.05) is 6.61 Å². The Morgan fingerprint density at radius 1 is 1.08 bits per heavy atom. The summed E-state index contributed by atoms with van der Waals surface area (Å²) >= 11 is 0. The largest absolute Gasteiger partial charge is 0.506 e. The molecule has 140 valence electrons. The van der Waals surface area contributed by atoms with Crippen molar-refractivity contribution >= 4 is 16.7 Å². The zero-order chi connectivity index (χ0) is 19.0. The van der Waals surface area contributed by atoms with E-state index in [-0.39, 0.29) is 11.1 Å². The van der Waals surface area contributed by atoms with Gasteiger partial charge in [0.2, 0.25) is 6.29 Å². The summed E-state index contributed by atoms with van der Waals surface area (Å²) in [7, 11) is 0. The van der Waals surface area contributed by atoms with Crippen LogP contribution in [0.3, 0.4) is 0 Å². The average Bonchev–Trinajstić information content (AvgIpc) is 2.64. The molecule has 1 fully saturated rings. The highest BCUT2D eigenvalue weighted by molar-refractivity contribution is 6.03. The molecule has 0 aliphatic carbocycles. The van der Waals surface area contributed by atoms with E-state index >= 15 is 0 Å². The molecule has 26 heavy (non-hydrogen) atoms. The standard InChI is InChI=1S/C17H18O9/c18-6-11-13(20)14(21)15(22)17(26-11)25-10-5-9(16(23)24)12(19)8-4-2-1-3-7(8)10/h1-5,11,13-15,17-22H,6H2,(H,23,24). The molecule has 2 aromatic carbocycles. The molecule has 9 nitrogen and oxygen atoms in total. The van der Waals surface area contributed by atoms with E-state index in [0.717, 1.165) is 6.07 Å². The monoisotopic (exact) mass is 366 g/mol. The number of rotatable bonds is 4. The Morgan fingerprint density at radius 3 is 2.35 bits per heavy atom. The van der Waals surface area contributed by atoms with E-state index in [2.05, 4.69) is 0 Å². The lowest BCUT2D eigenvalue weighted by molar-refractivity contribution is -0.277. The maximum atomic E-state index is 11.4. The first-order chi connectivity index (χ1) is 12.3. The van der Waals surface area contributed by atoms with Crippen molar-refractivity contribution in [3.05, 3.63) is 35.9 Å². The van der Waals surface area contributed by atoms with Gasteiger partial charge in [-0.05, 0) is 6.07 Å². The summed E-state index contributed by atoms with van der Waals surface area (Å²) in [6, 6.07) is 7.38. The summed E-state index contributed by atoms with van der Waals surface area (Å²) in [5.41, 5.74) is -0.414. The van der Waals surface area contributed by atoms with Crippen LogP contribution in [0.5, 0.6) is 11.5 Å². The van der Waals surface area contributed by atoms with E-state index in [1.165, 1.54) is 6.07 Å². The van der Waals surface area contributed by atoms with Crippen LogP contribution in [0.1, 0.15) is 10.4 Å². The molecule has 9 heteroatoms. The van der Waals surface area contributed by atoms with Gasteiger partial charge in [0.15, 0.2) is 0 Å². The average molecular weight is 366 g/mol. The summed E-state index contributed by atoms with van der Waals surface area (Å²) in [5, 5.41) is 58.9. The first-order valence-corrected chi connectivity index (χ1v) is 7.80. The molecular weight excluding hydrogens is 348 g/mol. The van der Waals surface area contributed by atoms with Crippen LogP contribution in [0.25, 0.3) is 10.8 Å². The molecule has 0 spiro atoms. The summed E-state index contributed by atoms with van der Waals surface area (Å²) in [6.07, 6.45) is -7.45. The van der Waals surface area contributed by atoms with Gasteiger partial charge in [-0.3, -0.25) is 0 Å². The maximum absolute atomic E-state index is 11.4. The Labute approximate surface area is 147 Å². The van der Waals surface area contributed by atoms with Crippen molar-refractivity contribution < 1.29 is 44.9 Å². The molecular formula is C17H18O9. The molecule has 0 amide bonds. The molecule has 3 rings (SSSR count). The number of carboxylic acids is 1. The fourth-order valence-corrected chi connectivity index (χ4v) is 2.88. The highest BCUT2D eigenvalue weighted by Crippen LogP contribution is 2.37. The van der Waals surface area contributed by atoms with Crippen LogP contribution in [0, 0.1) is 0 Å². The Bertz CT molecular complexity index is 819. The quantitative estimate of drug-likeness (QED) is 0.416. The highest BCUT2D eigenvalue weighted by atomic mass is 16.7. The third-order valence-corrected chi connectivity index (χ3v) is 4.30. The number of hydrogen-bond acceptors (Lipinski definition) is 8. The molecule has 1 aliphatic heterocycles. The fraction of sp³-hybridized carbons (Fsp3) is 0.353. The SMILES string of the molecule is O=C(O)c1cc(OC2OC(CO)C(O)C(O)C2O)c2ccccc2c1O. The number of carbonyl (C=O) groups is 1. The highest BCUT2D eigenvalue weighted by Gasteiger charge is 2.44. The summed E-state index contributed by atoms with van der Waals surface area (Å²) in [4.78, 5) is 11.4. The number of carboxylic acid groups (broad SMARTS) is 1. The van der Waals surface area contributed by atoms with Crippen molar-refractivity contribution in [1.29, 1.82) is 0 Å². The lowest BCUT2D eigenvalue weighted by atomic mass is 9.99. The number of aliphatic hydroxyl groups excluding tert-OH is 4. The third-order valence-electron chi connectivity index (χ3n) is 4.30. The zero-order valence-corrected chi connectivity index (χ0v) is 13.4. The molecule has 2 aromatic rings. The number of phenols is 1. The Kier molecular flexibility index (Phi) is 4.99. The van der Waals surface area contributed by atoms with Crippen molar-refractivity contribution in [2.45, 2.75) is 30.7 Å². The number of fused-ring (bicyclic) bond motifs is 1. The molecule has 1 aliphatic rings. The minimum Gasteiger partial charge on any atom is -0.506 e. The fourth-order valence-electron chi connectivity index (χ4n) is 2.88. The van der Waals surface area contributed by atoms with Gasteiger partial charge in [-0.2, -0.15) is 0 Å². The summed E-state index contributed by atoms with van der Waals surface area (Å²) < 4.78 is 10.8. The normalized spacial score (nSPS) is 28.8. The molecule has 0 radical (unpaired) electrons. The van der Waals surface area contributed by atoms with Crippen LogP contribution < -0.4 is 4.74 Å². The lowest BCUT2D eigenvalue weighted by Crippen LogP contribution is -2.60. The number of hydrogen-bond donors (Lipinski definition) is 6. The lowest BCUT2D eigenvalue weighted by Gasteiger charge is -2.39. The third kappa shape index (κ3) is 3.06. The van der Waals surface area contributed by atoms with E-state index in [1.54, 1.807) is 18.2 Å². The van der Waals surface area contributed by atoms with Gasteiger partial charge >= 0.3 is 5.97 Å². The van der Waals surface area contributed by atoms with Crippen molar-refractivity contribution in [3.8, 4) is 11.5 Å². The topological polar surface area (TPSA) is 157 Å². The van der Waals surface area contributed by atoms with Gasteiger partial charge in [-0.25, -0.2) is 4.79 Å². The minimum atomic E-state index is -1.64. The van der Waals surface area contributed by atoms with Crippen LogP contribution in [0.15, 0.2) is 30.3 Å². The number of aliphatic hydroxyl groups is 4. The van der Waals surface area contributed by atoms with Crippen LogP contribution >= 0.6 is 0 Å². The molecule has 0 aromatic heterocycles. The summed E-state index contributed by atoms with van der Waals surface area (Å²) in [6.45, 7) is -0.624. The zero-order valence-electron chi connectivity index (χ0n) is 13.4. The molecule has 0 saturated carbocycles. The predicted octanol–water partition coefficient (Wildman–Crippen LogP) is -0.578. The number of aromatic hydroxyl groups is 1. The maximum Gasteiger partial charge on any atom is 0.339 e. The van der Waals surface area contributed by atoms with Gasteiger partial charge < -0.3 is 40.1 Å². The van der Waals surface area contributed by atoms with Crippen LogP contribution in [0.4, 0.5) is 0 Å². The smallest absolute Gasteiger partial charge is 0.339 e. The van der Waals surface area contributed by atoms with E-state index in [9.17, 15) is 35.4 Å². The second kappa shape index (κ2) is 7.06. The molecule has 1 saturated heterocycles. The van der Waals surface area contributed by atoms with Crippen molar-refractivity contribution in [2.24, 2.45) is 0 Å². The Hall–Kier alpha value is -2.43. The first-order valence-electron chi connectivity index (χ1n) is 7.80. The van der Waals surface area contributed by atoms with Gasteiger partial charge in [0.1, 0.15) is 41.5 Å². The van der Waals surface area contributed by atoms with E-state index < -0.39 is 54.6 Å². The van der Waals surface area contributed by atoms with Gasteiger partial charge in [-0.15, -0.1) is 0 Å². The number of benzene rings is 2. The molecule has 6 N–H and O–H groups in total. The molecule has 0 bridgehead atoms. The number of aromatic carboxylic acids is 1. The van der Waals surface area contributed by atoms with Crippen LogP contribution in [-0.2, 0) is 4.74 Å². The molecule has 5 atom stereocenters. The predicted molar refractivity (Wildman–Crippen MR) is 87.0 cm³/mol. The van der Waals surface area contributed by atoms with E-state index in [1.807, 2.05) is 0 Å². The number of ether oxygens (including phenoxy) is 2. The molecule has 1 heterocycles. The van der Waals surface area contributed by atoms with Crippen molar-refractivity contribution in [3.63, 3.8) is 0 Å². The second-order valence-electron chi connectivity index (χ2n) is 5.94.